The van der Waals surface area contributed by atoms with Crippen molar-refractivity contribution in [3.8, 4) is 0 Å². The first-order valence-electron chi connectivity index (χ1n) is 8.58. The Morgan fingerprint density at radius 1 is 1.17 bits per heavy atom. The topological polar surface area (TPSA) is 15.6 Å². The number of benzene rings is 2. The largest absolute Gasteiger partial charge is 0.372 e. The second-order valence-electron chi connectivity index (χ2n) is 6.72. The van der Waals surface area contributed by atoms with Crippen LogP contribution in [0.25, 0.3) is 0 Å². The van der Waals surface area contributed by atoms with Gasteiger partial charge in [-0.2, -0.15) is 0 Å². The molecule has 0 N–H and O–H groups in total. The molecule has 0 fully saturated rings. The number of fused-ring (bicyclic) bond motifs is 1. The molecule has 0 amide bonds. The van der Waals surface area contributed by atoms with Crippen molar-refractivity contribution in [2.75, 3.05) is 11.9 Å². The zero-order chi connectivity index (χ0) is 16.2. The lowest BCUT2D eigenvalue weighted by Crippen LogP contribution is -2.33. The standard InChI is InChI=1S/C21H26N2/c1-16(14-18-8-5-4-6-9-18)15-22-20-10-7-11-21-19(20)13-12-17(2)23(21)3/h4-11,15-17H,12-14H2,1-3H3/t16-,17?/m1/s1. The lowest BCUT2D eigenvalue weighted by molar-refractivity contribution is 0.599. The molecule has 2 aromatic rings. The first-order chi connectivity index (χ1) is 11.1. The monoisotopic (exact) mass is 306 g/mol. The predicted molar refractivity (Wildman–Crippen MR) is 100 cm³/mol. The zero-order valence-corrected chi connectivity index (χ0v) is 14.4. The van der Waals surface area contributed by atoms with Gasteiger partial charge in [0.05, 0.1) is 5.69 Å². The van der Waals surface area contributed by atoms with Crippen molar-refractivity contribution in [3.05, 3.63) is 59.7 Å². The summed E-state index contributed by atoms with van der Waals surface area (Å²) >= 11 is 0. The molecule has 3 rings (SSSR count). The van der Waals surface area contributed by atoms with Crippen LogP contribution in [-0.2, 0) is 12.8 Å². The maximum absolute atomic E-state index is 4.82. The van der Waals surface area contributed by atoms with E-state index in [0.717, 1.165) is 18.5 Å². The van der Waals surface area contributed by atoms with Crippen LogP contribution in [0.1, 0.15) is 31.4 Å². The third kappa shape index (κ3) is 3.64. The number of hydrogen-bond donors (Lipinski definition) is 0. The van der Waals surface area contributed by atoms with Crippen molar-refractivity contribution in [2.45, 2.75) is 39.2 Å². The Morgan fingerprint density at radius 3 is 2.74 bits per heavy atom. The van der Waals surface area contributed by atoms with Gasteiger partial charge in [0.2, 0.25) is 0 Å². The van der Waals surface area contributed by atoms with Gasteiger partial charge in [0.1, 0.15) is 0 Å². The van der Waals surface area contributed by atoms with E-state index in [0.29, 0.717) is 12.0 Å². The van der Waals surface area contributed by atoms with Gasteiger partial charge in [-0.1, -0.05) is 43.3 Å². The number of anilines is 1. The van der Waals surface area contributed by atoms with Crippen molar-refractivity contribution < 1.29 is 0 Å². The van der Waals surface area contributed by atoms with E-state index in [2.05, 4.69) is 80.5 Å². The van der Waals surface area contributed by atoms with Crippen LogP contribution in [0, 0.1) is 5.92 Å². The van der Waals surface area contributed by atoms with Crippen LogP contribution in [0.2, 0.25) is 0 Å². The van der Waals surface area contributed by atoms with Gasteiger partial charge in [0.25, 0.3) is 0 Å². The van der Waals surface area contributed by atoms with Gasteiger partial charge in [0, 0.05) is 30.6 Å². The average Bonchev–Trinajstić information content (AvgIpc) is 2.57. The molecule has 0 spiro atoms. The molecule has 2 nitrogen and oxygen atoms in total. The highest BCUT2D eigenvalue weighted by Crippen LogP contribution is 2.35. The molecule has 23 heavy (non-hydrogen) atoms. The first kappa shape index (κ1) is 15.8. The average molecular weight is 306 g/mol. The molecule has 0 saturated heterocycles. The fraction of sp³-hybridized carbons (Fsp3) is 0.381. The molecule has 2 heteroatoms. The van der Waals surface area contributed by atoms with E-state index in [1.54, 1.807) is 0 Å². The number of aliphatic imine (C=N–C) groups is 1. The Bertz CT molecular complexity index is 675. The summed E-state index contributed by atoms with van der Waals surface area (Å²) in [5.74, 6) is 0.438. The molecule has 1 aliphatic rings. The molecular weight excluding hydrogens is 280 g/mol. The van der Waals surface area contributed by atoms with E-state index in [-0.39, 0.29) is 0 Å². The zero-order valence-electron chi connectivity index (χ0n) is 14.4. The minimum Gasteiger partial charge on any atom is -0.372 e. The lowest BCUT2D eigenvalue weighted by atomic mass is 9.95. The van der Waals surface area contributed by atoms with E-state index in [4.69, 9.17) is 4.99 Å². The van der Waals surface area contributed by atoms with E-state index in [9.17, 15) is 0 Å². The smallest absolute Gasteiger partial charge is 0.0678 e. The van der Waals surface area contributed by atoms with Crippen molar-refractivity contribution in [2.24, 2.45) is 10.9 Å². The van der Waals surface area contributed by atoms with E-state index >= 15 is 0 Å². The molecule has 0 saturated carbocycles. The van der Waals surface area contributed by atoms with E-state index in [1.165, 1.54) is 23.2 Å². The Kier molecular flexibility index (Phi) is 4.80. The fourth-order valence-corrected chi connectivity index (χ4v) is 3.30. The summed E-state index contributed by atoms with van der Waals surface area (Å²) in [4.78, 5) is 7.20. The van der Waals surface area contributed by atoms with E-state index in [1.807, 2.05) is 0 Å². The molecule has 1 unspecified atom stereocenters. The van der Waals surface area contributed by atoms with Crippen molar-refractivity contribution >= 4 is 17.6 Å². The van der Waals surface area contributed by atoms with E-state index < -0.39 is 0 Å². The summed E-state index contributed by atoms with van der Waals surface area (Å²) in [6.07, 6.45) is 5.48. The number of nitrogens with zero attached hydrogens (tertiary/aromatic N) is 2. The molecule has 0 radical (unpaired) electrons. The van der Waals surface area contributed by atoms with Gasteiger partial charge >= 0.3 is 0 Å². The molecule has 120 valence electrons. The van der Waals surface area contributed by atoms with Crippen molar-refractivity contribution in [1.29, 1.82) is 0 Å². The highest BCUT2D eigenvalue weighted by Gasteiger charge is 2.21. The maximum Gasteiger partial charge on any atom is 0.0678 e. The lowest BCUT2D eigenvalue weighted by Gasteiger charge is -2.34. The van der Waals surface area contributed by atoms with Crippen molar-refractivity contribution in [3.63, 3.8) is 0 Å². The van der Waals surface area contributed by atoms with Crippen LogP contribution < -0.4 is 4.90 Å². The second-order valence-corrected chi connectivity index (χ2v) is 6.72. The molecule has 2 atom stereocenters. The Labute approximate surface area is 139 Å². The van der Waals surface area contributed by atoms with Gasteiger partial charge in [0.15, 0.2) is 0 Å². The van der Waals surface area contributed by atoms with Gasteiger partial charge in [-0.3, -0.25) is 4.99 Å². The molecule has 0 aliphatic carbocycles. The Hall–Kier alpha value is -2.09. The minimum atomic E-state index is 0.438. The molecule has 1 heterocycles. The SMILES string of the molecule is CC1CCc2c(N=C[C@H](C)Cc3ccccc3)cccc2N1C. The minimum absolute atomic E-state index is 0.438. The normalized spacial score (nSPS) is 18.9. The van der Waals surface area contributed by atoms with Gasteiger partial charge < -0.3 is 4.90 Å². The fourth-order valence-electron chi connectivity index (χ4n) is 3.30. The Morgan fingerprint density at radius 2 is 1.96 bits per heavy atom. The van der Waals surface area contributed by atoms with Crippen LogP contribution >= 0.6 is 0 Å². The summed E-state index contributed by atoms with van der Waals surface area (Å²) in [6.45, 7) is 4.53. The maximum atomic E-state index is 4.82. The third-order valence-electron chi connectivity index (χ3n) is 4.85. The number of rotatable bonds is 4. The molecular formula is C21H26N2. The molecule has 1 aliphatic heterocycles. The third-order valence-corrected chi connectivity index (χ3v) is 4.85. The van der Waals surface area contributed by atoms with Crippen LogP contribution in [0.3, 0.4) is 0 Å². The molecule has 2 aromatic carbocycles. The second kappa shape index (κ2) is 6.99. The van der Waals surface area contributed by atoms with Gasteiger partial charge in [-0.15, -0.1) is 0 Å². The van der Waals surface area contributed by atoms with Gasteiger partial charge in [-0.25, -0.2) is 0 Å². The number of hydrogen-bond acceptors (Lipinski definition) is 2. The summed E-state index contributed by atoms with van der Waals surface area (Å²) in [7, 11) is 2.19. The highest BCUT2D eigenvalue weighted by molar-refractivity contribution is 5.72. The van der Waals surface area contributed by atoms with Crippen LogP contribution in [0.4, 0.5) is 11.4 Å². The summed E-state index contributed by atoms with van der Waals surface area (Å²) in [6, 6.07) is 17.7. The summed E-state index contributed by atoms with van der Waals surface area (Å²) in [5.41, 5.74) is 5.25. The quantitative estimate of drug-likeness (QED) is 0.723. The molecule has 0 aromatic heterocycles. The first-order valence-corrected chi connectivity index (χ1v) is 8.58. The predicted octanol–water partition coefficient (Wildman–Crippen LogP) is 5.04. The summed E-state index contributed by atoms with van der Waals surface area (Å²) < 4.78 is 0. The highest BCUT2D eigenvalue weighted by atomic mass is 15.1. The van der Waals surface area contributed by atoms with Crippen LogP contribution in [-0.4, -0.2) is 19.3 Å². The van der Waals surface area contributed by atoms with Gasteiger partial charge in [-0.05, 0) is 49.8 Å². The molecule has 0 bridgehead atoms. The summed E-state index contributed by atoms with van der Waals surface area (Å²) in [5, 5.41) is 0. The van der Waals surface area contributed by atoms with Crippen LogP contribution in [0.5, 0.6) is 0 Å². The Balaban J connectivity index is 1.75. The van der Waals surface area contributed by atoms with Crippen molar-refractivity contribution in [1.82, 2.24) is 0 Å². The van der Waals surface area contributed by atoms with Crippen LogP contribution in [0.15, 0.2) is 53.5 Å².